The van der Waals surface area contributed by atoms with Gasteiger partial charge < -0.3 is 10.6 Å². The highest BCUT2D eigenvalue weighted by Gasteiger charge is 2.24. The third kappa shape index (κ3) is 2.91. The van der Waals surface area contributed by atoms with E-state index in [9.17, 15) is 0 Å². The van der Waals surface area contributed by atoms with Crippen LogP contribution in [0.25, 0.3) is 0 Å². The zero-order chi connectivity index (χ0) is 13.0. The van der Waals surface area contributed by atoms with Crippen molar-refractivity contribution in [3.05, 3.63) is 35.4 Å². The van der Waals surface area contributed by atoms with E-state index < -0.39 is 0 Å². The summed E-state index contributed by atoms with van der Waals surface area (Å²) in [6.07, 6.45) is 0. The van der Waals surface area contributed by atoms with E-state index in [1.807, 2.05) is 0 Å². The molecule has 3 heteroatoms. The summed E-state index contributed by atoms with van der Waals surface area (Å²) >= 11 is 0. The lowest BCUT2D eigenvalue weighted by Gasteiger charge is -2.39. The highest BCUT2D eigenvalue weighted by atomic mass is 15.3. The summed E-state index contributed by atoms with van der Waals surface area (Å²) in [5.41, 5.74) is 8.76. The molecule has 100 valence electrons. The molecular formula is C15H25N3. The van der Waals surface area contributed by atoms with Gasteiger partial charge in [0.15, 0.2) is 0 Å². The van der Waals surface area contributed by atoms with E-state index in [0.29, 0.717) is 12.6 Å². The van der Waals surface area contributed by atoms with E-state index in [2.05, 4.69) is 47.9 Å². The summed E-state index contributed by atoms with van der Waals surface area (Å²) in [7, 11) is 0. The first-order chi connectivity index (χ1) is 8.76. The summed E-state index contributed by atoms with van der Waals surface area (Å²) in [5, 5.41) is 0. The maximum atomic E-state index is 6.02. The number of aryl methyl sites for hydroxylation is 1. The lowest BCUT2D eigenvalue weighted by molar-refractivity contribution is 0.102. The molecule has 1 unspecified atom stereocenters. The normalized spacial score (nSPS) is 19.9. The highest BCUT2D eigenvalue weighted by Crippen LogP contribution is 2.23. The zero-order valence-electron chi connectivity index (χ0n) is 11.6. The van der Waals surface area contributed by atoms with Crippen LogP contribution in [-0.4, -0.2) is 49.1 Å². The van der Waals surface area contributed by atoms with Gasteiger partial charge in [0.2, 0.25) is 0 Å². The first-order valence-corrected chi connectivity index (χ1v) is 6.98. The molecule has 1 aromatic rings. The third-order valence-electron chi connectivity index (χ3n) is 4.07. The van der Waals surface area contributed by atoms with Gasteiger partial charge >= 0.3 is 0 Å². The Bertz CT molecular complexity index is 370. The van der Waals surface area contributed by atoms with Crippen LogP contribution in [0.3, 0.4) is 0 Å². The summed E-state index contributed by atoms with van der Waals surface area (Å²) in [6.45, 7) is 10.9. The minimum absolute atomic E-state index is 0.380. The van der Waals surface area contributed by atoms with Crippen LogP contribution in [0.1, 0.15) is 24.1 Å². The maximum Gasteiger partial charge on any atom is 0.0474 e. The number of hydrogen-bond donors (Lipinski definition) is 1. The van der Waals surface area contributed by atoms with Crippen molar-refractivity contribution >= 4 is 0 Å². The Morgan fingerprint density at radius 2 is 1.83 bits per heavy atom. The molecular weight excluding hydrogens is 222 g/mol. The van der Waals surface area contributed by atoms with Crippen molar-refractivity contribution in [2.75, 3.05) is 39.3 Å². The first-order valence-electron chi connectivity index (χ1n) is 6.98. The monoisotopic (exact) mass is 247 g/mol. The van der Waals surface area contributed by atoms with Crippen molar-refractivity contribution in [3.8, 4) is 0 Å². The van der Waals surface area contributed by atoms with Gasteiger partial charge in [-0.15, -0.1) is 0 Å². The van der Waals surface area contributed by atoms with Crippen molar-refractivity contribution < 1.29 is 0 Å². The van der Waals surface area contributed by atoms with Gasteiger partial charge in [-0.2, -0.15) is 0 Å². The molecule has 1 aromatic carbocycles. The van der Waals surface area contributed by atoms with E-state index in [0.717, 1.165) is 19.6 Å². The van der Waals surface area contributed by atoms with Gasteiger partial charge in [0.1, 0.15) is 0 Å². The predicted molar refractivity (Wildman–Crippen MR) is 76.7 cm³/mol. The number of hydrogen-bond acceptors (Lipinski definition) is 3. The SMILES string of the molecule is CCN1CCN(C(CN)c2ccccc2C)CC1. The van der Waals surface area contributed by atoms with Gasteiger partial charge in [-0.1, -0.05) is 31.2 Å². The topological polar surface area (TPSA) is 32.5 Å². The van der Waals surface area contributed by atoms with Crippen molar-refractivity contribution in [1.29, 1.82) is 0 Å². The van der Waals surface area contributed by atoms with Crippen LogP contribution in [-0.2, 0) is 0 Å². The molecule has 3 nitrogen and oxygen atoms in total. The Balaban J connectivity index is 2.08. The number of benzene rings is 1. The van der Waals surface area contributed by atoms with Crippen LogP contribution in [0, 0.1) is 6.92 Å². The smallest absolute Gasteiger partial charge is 0.0474 e. The molecule has 0 spiro atoms. The van der Waals surface area contributed by atoms with E-state index >= 15 is 0 Å². The molecule has 1 fully saturated rings. The van der Waals surface area contributed by atoms with Crippen LogP contribution < -0.4 is 5.73 Å². The van der Waals surface area contributed by atoms with Crippen LogP contribution in [0.15, 0.2) is 24.3 Å². The molecule has 2 rings (SSSR count). The predicted octanol–water partition coefficient (Wildman–Crippen LogP) is 1.63. The maximum absolute atomic E-state index is 6.02. The summed E-state index contributed by atoms with van der Waals surface area (Å²) < 4.78 is 0. The molecule has 0 amide bonds. The second kappa shape index (κ2) is 6.32. The molecule has 1 aliphatic rings. The number of likely N-dealkylation sites (N-methyl/N-ethyl adjacent to an activating group) is 1. The average molecular weight is 247 g/mol. The summed E-state index contributed by atoms with van der Waals surface area (Å²) in [4.78, 5) is 5.04. The third-order valence-corrected chi connectivity index (χ3v) is 4.07. The van der Waals surface area contributed by atoms with Gasteiger partial charge in [-0.25, -0.2) is 0 Å². The minimum atomic E-state index is 0.380. The minimum Gasteiger partial charge on any atom is -0.329 e. The lowest BCUT2D eigenvalue weighted by Crippen LogP contribution is -2.48. The number of nitrogens with zero attached hydrogens (tertiary/aromatic N) is 2. The molecule has 1 aliphatic heterocycles. The molecule has 0 aromatic heterocycles. The van der Waals surface area contributed by atoms with Gasteiger partial charge in [-0.3, -0.25) is 4.90 Å². The molecule has 0 saturated carbocycles. The Kier molecular flexibility index (Phi) is 4.75. The molecule has 1 heterocycles. The van der Waals surface area contributed by atoms with Gasteiger partial charge in [0.05, 0.1) is 0 Å². The fourth-order valence-corrected chi connectivity index (χ4v) is 2.82. The van der Waals surface area contributed by atoms with E-state index in [1.165, 1.54) is 24.2 Å². The molecule has 0 bridgehead atoms. The quantitative estimate of drug-likeness (QED) is 0.878. The summed E-state index contributed by atoms with van der Waals surface area (Å²) in [5.74, 6) is 0. The largest absolute Gasteiger partial charge is 0.329 e. The van der Waals surface area contributed by atoms with E-state index in [4.69, 9.17) is 5.73 Å². The van der Waals surface area contributed by atoms with Gasteiger partial charge in [0.25, 0.3) is 0 Å². The molecule has 2 N–H and O–H groups in total. The Morgan fingerprint density at radius 1 is 1.17 bits per heavy atom. The standard InChI is InChI=1S/C15H25N3/c1-3-17-8-10-18(11-9-17)15(12-16)14-7-5-4-6-13(14)2/h4-7,15H,3,8-12,16H2,1-2H3. The molecule has 1 atom stereocenters. The van der Waals surface area contributed by atoms with Crippen molar-refractivity contribution in [3.63, 3.8) is 0 Å². The van der Waals surface area contributed by atoms with E-state index in [-0.39, 0.29) is 0 Å². The van der Waals surface area contributed by atoms with Crippen LogP contribution in [0.2, 0.25) is 0 Å². The fraction of sp³-hybridized carbons (Fsp3) is 0.600. The lowest BCUT2D eigenvalue weighted by atomic mass is 9.99. The van der Waals surface area contributed by atoms with Gasteiger partial charge in [-0.05, 0) is 24.6 Å². The molecule has 1 saturated heterocycles. The highest BCUT2D eigenvalue weighted by molar-refractivity contribution is 5.29. The summed E-state index contributed by atoms with van der Waals surface area (Å²) in [6, 6.07) is 9.00. The molecule has 0 aliphatic carbocycles. The number of nitrogens with two attached hydrogens (primary N) is 1. The van der Waals surface area contributed by atoms with Crippen molar-refractivity contribution in [1.82, 2.24) is 9.80 Å². The second-order valence-corrected chi connectivity index (χ2v) is 5.08. The second-order valence-electron chi connectivity index (χ2n) is 5.08. The number of piperazine rings is 1. The Hall–Kier alpha value is -0.900. The van der Waals surface area contributed by atoms with Crippen LogP contribution in [0.5, 0.6) is 0 Å². The molecule has 0 radical (unpaired) electrons. The van der Waals surface area contributed by atoms with Crippen LogP contribution in [0.4, 0.5) is 0 Å². The average Bonchev–Trinajstić information content (AvgIpc) is 2.42. The van der Waals surface area contributed by atoms with E-state index in [1.54, 1.807) is 0 Å². The van der Waals surface area contributed by atoms with Crippen LogP contribution >= 0.6 is 0 Å². The fourth-order valence-electron chi connectivity index (χ4n) is 2.82. The Labute approximate surface area is 111 Å². The number of rotatable bonds is 4. The first kappa shape index (κ1) is 13.5. The Morgan fingerprint density at radius 3 is 2.39 bits per heavy atom. The zero-order valence-corrected chi connectivity index (χ0v) is 11.6. The van der Waals surface area contributed by atoms with Gasteiger partial charge in [0, 0.05) is 38.8 Å². The molecule has 18 heavy (non-hydrogen) atoms. The van der Waals surface area contributed by atoms with Crippen molar-refractivity contribution in [2.45, 2.75) is 19.9 Å². The van der Waals surface area contributed by atoms with Crippen molar-refractivity contribution in [2.24, 2.45) is 5.73 Å².